The van der Waals surface area contributed by atoms with Crippen molar-refractivity contribution >= 4 is 28.7 Å². The summed E-state index contributed by atoms with van der Waals surface area (Å²) in [6.45, 7) is 3.55. The van der Waals surface area contributed by atoms with Crippen molar-refractivity contribution in [3.05, 3.63) is 53.7 Å². The molecule has 0 spiro atoms. The maximum atomic E-state index is 12.4. The van der Waals surface area contributed by atoms with Crippen LogP contribution in [-0.2, 0) is 4.79 Å². The van der Waals surface area contributed by atoms with Crippen LogP contribution in [0.25, 0.3) is 22.0 Å². The Morgan fingerprint density at radius 1 is 1.17 bits per heavy atom. The summed E-state index contributed by atoms with van der Waals surface area (Å²) in [4.78, 5) is 32.0. The minimum atomic E-state index is -0.967. The van der Waals surface area contributed by atoms with Gasteiger partial charge in [-0.3, -0.25) is 9.59 Å². The van der Waals surface area contributed by atoms with Crippen molar-refractivity contribution in [3.8, 4) is 11.1 Å². The van der Waals surface area contributed by atoms with Crippen molar-refractivity contribution in [2.45, 2.75) is 38.8 Å². The number of benzene rings is 2. The summed E-state index contributed by atoms with van der Waals surface area (Å²) in [6.07, 6.45) is 3.77. The topological polar surface area (TPSA) is 104 Å². The Morgan fingerprint density at radius 2 is 1.97 bits per heavy atom. The molecule has 1 unspecified atom stereocenters. The summed E-state index contributed by atoms with van der Waals surface area (Å²) >= 11 is 0. The second-order valence-electron chi connectivity index (χ2n) is 7.45. The van der Waals surface area contributed by atoms with Crippen molar-refractivity contribution in [3.63, 3.8) is 0 Å². The third-order valence-electron chi connectivity index (χ3n) is 5.02. The van der Waals surface area contributed by atoms with Gasteiger partial charge in [-0.2, -0.15) is 0 Å². The van der Waals surface area contributed by atoms with Gasteiger partial charge in [0.15, 0.2) is 0 Å². The first kappa shape index (κ1) is 18.9. The summed E-state index contributed by atoms with van der Waals surface area (Å²) < 4.78 is 0. The predicted molar refractivity (Wildman–Crippen MR) is 111 cm³/mol. The molecular formula is C22H22N4O3. The van der Waals surface area contributed by atoms with Crippen LogP contribution in [-0.4, -0.2) is 39.0 Å². The van der Waals surface area contributed by atoms with E-state index >= 15 is 0 Å². The molecule has 1 amide bonds. The van der Waals surface area contributed by atoms with Crippen LogP contribution in [0.15, 0.2) is 42.6 Å². The highest BCUT2D eigenvalue weighted by Crippen LogP contribution is 2.28. The fourth-order valence-electron chi connectivity index (χ4n) is 3.10. The molecule has 0 bridgehead atoms. The first-order valence-electron chi connectivity index (χ1n) is 9.59. The van der Waals surface area contributed by atoms with E-state index in [1.165, 1.54) is 6.92 Å². The van der Waals surface area contributed by atoms with Gasteiger partial charge in [0, 0.05) is 23.2 Å². The van der Waals surface area contributed by atoms with Gasteiger partial charge >= 0.3 is 5.97 Å². The van der Waals surface area contributed by atoms with E-state index in [2.05, 4.69) is 20.6 Å². The van der Waals surface area contributed by atoms with Crippen molar-refractivity contribution in [1.29, 1.82) is 0 Å². The molecule has 7 nitrogen and oxygen atoms in total. The molecule has 1 fully saturated rings. The fraction of sp³-hybridized carbons (Fsp3) is 0.273. The molecule has 148 valence electrons. The van der Waals surface area contributed by atoms with Crippen LogP contribution < -0.4 is 10.6 Å². The average Bonchev–Trinajstić information content (AvgIpc) is 3.51. The van der Waals surface area contributed by atoms with E-state index < -0.39 is 12.0 Å². The molecule has 3 aromatic rings. The van der Waals surface area contributed by atoms with Gasteiger partial charge in [-0.15, -0.1) is 0 Å². The molecule has 1 heterocycles. The Bertz CT molecular complexity index is 1110. The highest BCUT2D eigenvalue weighted by Gasteiger charge is 2.24. The third kappa shape index (κ3) is 4.18. The number of carboxylic acid groups (broad SMARTS) is 1. The van der Waals surface area contributed by atoms with E-state index in [1.54, 1.807) is 6.20 Å². The molecule has 3 N–H and O–H groups in total. The highest BCUT2D eigenvalue weighted by atomic mass is 16.4. The lowest BCUT2D eigenvalue weighted by atomic mass is 9.97. The second-order valence-corrected chi connectivity index (χ2v) is 7.45. The smallest absolute Gasteiger partial charge is 0.325 e. The fourth-order valence-corrected chi connectivity index (χ4v) is 3.10. The van der Waals surface area contributed by atoms with Crippen molar-refractivity contribution in [1.82, 2.24) is 15.3 Å². The zero-order valence-electron chi connectivity index (χ0n) is 16.3. The number of aliphatic carboxylic acids is 1. The number of aryl methyl sites for hydroxylation is 1. The quantitative estimate of drug-likeness (QED) is 0.596. The molecule has 1 aliphatic rings. The highest BCUT2D eigenvalue weighted by molar-refractivity contribution is 5.96. The number of carboxylic acids is 1. The van der Waals surface area contributed by atoms with Crippen LogP contribution in [0.2, 0.25) is 0 Å². The molecule has 1 atom stereocenters. The van der Waals surface area contributed by atoms with Gasteiger partial charge in [-0.1, -0.05) is 12.1 Å². The lowest BCUT2D eigenvalue weighted by molar-refractivity contribution is -0.137. The zero-order valence-corrected chi connectivity index (χ0v) is 16.3. The van der Waals surface area contributed by atoms with E-state index in [0.717, 1.165) is 34.9 Å². The number of hydrogen-bond acceptors (Lipinski definition) is 5. The van der Waals surface area contributed by atoms with Crippen LogP contribution in [0.3, 0.4) is 0 Å². The van der Waals surface area contributed by atoms with E-state index in [1.807, 2.05) is 43.3 Å². The normalized spacial score (nSPS) is 14.4. The maximum absolute atomic E-state index is 12.4. The summed E-state index contributed by atoms with van der Waals surface area (Å²) in [5.41, 5.74) is 4.39. The molecular weight excluding hydrogens is 368 g/mol. The first-order valence-corrected chi connectivity index (χ1v) is 9.59. The average molecular weight is 390 g/mol. The summed E-state index contributed by atoms with van der Waals surface area (Å²) in [7, 11) is 0. The molecule has 4 rings (SSSR count). The first-order chi connectivity index (χ1) is 13.9. The Balaban J connectivity index is 1.63. The van der Waals surface area contributed by atoms with E-state index in [0.29, 0.717) is 17.1 Å². The minimum Gasteiger partial charge on any atom is -0.480 e. The van der Waals surface area contributed by atoms with Crippen molar-refractivity contribution in [2.24, 2.45) is 0 Å². The van der Waals surface area contributed by atoms with Gasteiger partial charge in [0.2, 0.25) is 5.95 Å². The summed E-state index contributed by atoms with van der Waals surface area (Å²) in [6, 6.07) is 11.1. The van der Waals surface area contributed by atoms with Gasteiger partial charge in [0.05, 0.1) is 5.52 Å². The Labute approximate surface area is 168 Å². The SMILES string of the molecule is Cc1ccc(C(=O)NC2CC2)cc1-c1ccc2nc(NC(C)C(=O)O)ncc2c1. The Kier molecular flexibility index (Phi) is 4.88. The molecule has 0 radical (unpaired) electrons. The molecule has 2 aromatic carbocycles. The minimum absolute atomic E-state index is 0.0406. The van der Waals surface area contributed by atoms with Gasteiger partial charge in [-0.25, -0.2) is 9.97 Å². The largest absolute Gasteiger partial charge is 0.480 e. The number of hydrogen-bond donors (Lipinski definition) is 3. The number of nitrogens with one attached hydrogen (secondary N) is 2. The molecule has 0 aliphatic heterocycles. The maximum Gasteiger partial charge on any atom is 0.325 e. The number of anilines is 1. The molecule has 29 heavy (non-hydrogen) atoms. The monoisotopic (exact) mass is 390 g/mol. The van der Waals surface area contributed by atoms with Crippen LogP contribution in [0.4, 0.5) is 5.95 Å². The molecule has 1 aliphatic carbocycles. The third-order valence-corrected chi connectivity index (χ3v) is 5.02. The number of aromatic nitrogens is 2. The van der Waals surface area contributed by atoms with Gasteiger partial charge in [-0.05, 0) is 67.6 Å². The van der Waals surface area contributed by atoms with Crippen molar-refractivity contribution < 1.29 is 14.7 Å². The predicted octanol–water partition coefficient (Wildman–Crippen LogP) is 3.38. The van der Waals surface area contributed by atoms with Crippen LogP contribution >= 0.6 is 0 Å². The lowest BCUT2D eigenvalue weighted by Crippen LogP contribution is -2.26. The van der Waals surface area contributed by atoms with Crippen LogP contribution in [0, 0.1) is 6.92 Å². The second kappa shape index (κ2) is 7.50. The number of amides is 1. The summed E-state index contributed by atoms with van der Waals surface area (Å²) in [5.74, 6) is -0.735. The van der Waals surface area contributed by atoms with E-state index in [-0.39, 0.29) is 11.9 Å². The molecule has 7 heteroatoms. The zero-order chi connectivity index (χ0) is 20.5. The van der Waals surface area contributed by atoms with Gasteiger partial charge in [0.25, 0.3) is 5.91 Å². The summed E-state index contributed by atoms with van der Waals surface area (Å²) in [5, 5.41) is 15.6. The number of rotatable bonds is 6. The van der Waals surface area contributed by atoms with E-state index in [9.17, 15) is 9.59 Å². The van der Waals surface area contributed by atoms with Crippen LogP contribution in [0.5, 0.6) is 0 Å². The molecule has 1 saturated carbocycles. The van der Waals surface area contributed by atoms with Gasteiger partial charge < -0.3 is 15.7 Å². The number of carbonyl (C=O) groups excluding carboxylic acids is 1. The lowest BCUT2D eigenvalue weighted by Gasteiger charge is -2.12. The molecule has 1 aromatic heterocycles. The number of carbonyl (C=O) groups is 2. The molecule has 0 saturated heterocycles. The van der Waals surface area contributed by atoms with Crippen molar-refractivity contribution in [2.75, 3.05) is 5.32 Å². The Morgan fingerprint density at radius 3 is 2.69 bits per heavy atom. The van der Waals surface area contributed by atoms with E-state index in [4.69, 9.17) is 5.11 Å². The standard InChI is InChI=1S/C22H22N4O3/c1-12-3-4-15(20(27)25-17-6-7-17)10-18(12)14-5-8-19-16(9-14)11-23-22(26-19)24-13(2)21(28)29/h3-5,8-11,13,17H,6-7H2,1-2H3,(H,25,27)(H,28,29)(H,23,24,26). The number of fused-ring (bicyclic) bond motifs is 1. The van der Waals surface area contributed by atoms with Crippen LogP contribution in [0.1, 0.15) is 35.7 Å². The van der Waals surface area contributed by atoms with Gasteiger partial charge in [0.1, 0.15) is 6.04 Å². The Hall–Kier alpha value is -3.48. The number of nitrogens with zero attached hydrogens (tertiary/aromatic N) is 2.